The van der Waals surface area contributed by atoms with Crippen LogP contribution in [0.2, 0.25) is 0 Å². The van der Waals surface area contributed by atoms with Gasteiger partial charge < -0.3 is 24.1 Å². The summed E-state index contributed by atoms with van der Waals surface area (Å²) in [5, 5.41) is 11.0. The molecular formula is C16H18N4O4. The zero-order valence-electron chi connectivity index (χ0n) is 13.5. The van der Waals surface area contributed by atoms with E-state index in [1.807, 2.05) is 20.0 Å². The summed E-state index contributed by atoms with van der Waals surface area (Å²) in [6, 6.07) is 5.40. The Balaban J connectivity index is 1.64. The molecule has 2 atom stereocenters. The molecular weight excluding hydrogens is 312 g/mol. The van der Waals surface area contributed by atoms with Gasteiger partial charge in [0.1, 0.15) is 6.10 Å². The summed E-state index contributed by atoms with van der Waals surface area (Å²) in [7, 11) is 2.04. The van der Waals surface area contributed by atoms with Crippen LogP contribution in [0.3, 0.4) is 0 Å². The van der Waals surface area contributed by atoms with E-state index in [1.54, 1.807) is 12.1 Å². The molecule has 2 aliphatic rings. The third-order valence-corrected chi connectivity index (χ3v) is 4.03. The van der Waals surface area contributed by atoms with Gasteiger partial charge in [0.05, 0.1) is 17.4 Å². The van der Waals surface area contributed by atoms with Crippen LogP contribution >= 0.6 is 0 Å². The Hall–Kier alpha value is -2.45. The van der Waals surface area contributed by atoms with E-state index < -0.39 is 0 Å². The normalized spacial score (nSPS) is 24.2. The van der Waals surface area contributed by atoms with Gasteiger partial charge in [-0.15, -0.1) is 10.2 Å². The molecule has 1 N–H and O–H groups in total. The number of morpholine rings is 1. The largest absolute Gasteiger partial charge is 0.481 e. The maximum atomic E-state index is 11.4. The highest BCUT2D eigenvalue weighted by Crippen LogP contribution is 2.38. The minimum absolute atomic E-state index is 0.0287. The molecule has 2 aliphatic heterocycles. The topological polar surface area (TPSA) is 89.7 Å². The van der Waals surface area contributed by atoms with E-state index in [0.29, 0.717) is 35.3 Å². The third-order valence-electron chi connectivity index (χ3n) is 4.03. The van der Waals surface area contributed by atoms with Crippen molar-refractivity contribution in [1.82, 2.24) is 15.1 Å². The Kier molecular flexibility index (Phi) is 3.70. The highest BCUT2D eigenvalue weighted by atomic mass is 16.5. The maximum absolute atomic E-state index is 11.4. The molecule has 8 heteroatoms. The molecule has 0 radical (unpaired) electrons. The van der Waals surface area contributed by atoms with E-state index in [2.05, 4.69) is 20.4 Å². The number of fused-ring (bicyclic) bond motifs is 1. The van der Waals surface area contributed by atoms with Gasteiger partial charge in [0.25, 0.3) is 11.8 Å². The first-order valence-electron chi connectivity index (χ1n) is 7.83. The summed E-state index contributed by atoms with van der Waals surface area (Å²) in [6.45, 7) is 3.56. The lowest BCUT2D eigenvalue weighted by atomic mass is 10.1. The van der Waals surface area contributed by atoms with E-state index in [4.69, 9.17) is 13.9 Å². The predicted octanol–water partition coefficient (Wildman–Crippen LogP) is 1.46. The van der Waals surface area contributed by atoms with E-state index in [1.165, 1.54) is 0 Å². The summed E-state index contributed by atoms with van der Waals surface area (Å²) in [4.78, 5) is 13.6. The van der Waals surface area contributed by atoms with Gasteiger partial charge in [0.15, 0.2) is 12.4 Å². The summed E-state index contributed by atoms with van der Waals surface area (Å²) in [6.07, 6.45) is -0.146. The Morgan fingerprint density at radius 1 is 1.29 bits per heavy atom. The lowest BCUT2D eigenvalue weighted by Gasteiger charge is -2.32. The number of rotatable bonds is 2. The maximum Gasteiger partial charge on any atom is 0.262 e. The Bertz CT molecular complexity index is 765. The average molecular weight is 330 g/mol. The van der Waals surface area contributed by atoms with Gasteiger partial charge in [0.2, 0.25) is 5.89 Å². The number of anilines is 1. The van der Waals surface area contributed by atoms with Crippen molar-refractivity contribution in [3.05, 3.63) is 24.1 Å². The molecule has 24 heavy (non-hydrogen) atoms. The average Bonchev–Trinajstić information content (AvgIpc) is 3.03. The molecule has 0 spiro atoms. The molecule has 4 rings (SSSR count). The number of nitrogens with one attached hydrogen (secondary N) is 1. The molecule has 0 aliphatic carbocycles. The number of carbonyl (C=O) groups is 1. The smallest absolute Gasteiger partial charge is 0.262 e. The molecule has 2 aromatic rings. The van der Waals surface area contributed by atoms with Crippen LogP contribution in [0.5, 0.6) is 5.75 Å². The van der Waals surface area contributed by atoms with E-state index >= 15 is 0 Å². The molecule has 1 aromatic carbocycles. The van der Waals surface area contributed by atoms with Crippen LogP contribution in [0, 0.1) is 0 Å². The summed E-state index contributed by atoms with van der Waals surface area (Å²) >= 11 is 0. The lowest BCUT2D eigenvalue weighted by Crippen LogP contribution is -2.40. The van der Waals surface area contributed by atoms with Gasteiger partial charge in [-0.25, -0.2) is 0 Å². The Labute approximate surface area is 138 Å². The van der Waals surface area contributed by atoms with Crippen LogP contribution in [-0.4, -0.2) is 53.9 Å². The first-order chi connectivity index (χ1) is 11.6. The number of para-hydroxylation sites is 1. The van der Waals surface area contributed by atoms with Crippen molar-refractivity contribution in [3.63, 3.8) is 0 Å². The number of likely N-dealkylation sites (N-methyl/N-ethyl adjacent to an activating group) is 1. The highest BCUT2D eigenvalue weighted by molar-refractivity contribution is 5.97. The first-order valence-corrected chi connectivity index (χ1v) is 7.83. The van der Waals surface area contributed by atoms with Crippen molar-refractivity contribution >= 4 is 11.6 Å². The van der Waals surface area contributed by atoms with Crippen molar-refractivity contribution < 1.29 is 18.7 Å². The van der Waals surface area contributed by atoms with E-state index in [9.17, 15) is 4.79 Å². The minimum atomic E-state index is -0.250. The van der Waals surface area contributed by atoms with E-state index in [0.717, 1.165) is 6.54 Å². The molecule has 1 saturated heterocycles. The number of ether oxygens (including phenoxy) is 2. The Morgan fingerprint density at radius 2 is 2.17 bits per heavy atom. The molecule has 126 valence electrons. The van der Waals surface area contributed by atoms with Crippen LogP contribution in [0.25, 0.3) is 11.5 Å². The fraction of sp³-hybridized carbons (Fsp3) is 0.438. The van der Waals surface area contributed by atoms with Gasteiger partial charge in [-0.1, -0.05) is 6.07 Å². The van der Waals surface area contributed by atoms with Crippen LogP contribution in [0.15, 0.2) is 22.6 Å². The quantitative estimate of drug-likeness (QED) is 0.891. The molecule has 1 amide bonds. The molecule has 3 heterocycles. The van der Waals surface area contributed by atoms with Gasteiger partial charge >= 0.3 is 0 Å². The van der Waals surface area contributed by atoms with Crippen LogP contribution in [0.4, 0.5) is 5.69 Å². The van der Waals surface area contributed by atoms with E-state index in [-0.39, 0.29) is 24.7 Å². The third kappa shape index (κ3) is 2.74. The molecule has 0 bridgehead atoms. The highest BCUT2D eigenvalue weighted by Gasteiger charge is 2.30. The van der Waals surface area contributed by atoms with Crippen molar-refractivity contribution in [1.29, 1.82) is 0 Å². The van der Waals surface area contributed by atoms with Gasteiger partial charge in [-0.05, 0) is 26.1 Å². The number of nitrogens with zero attached hydrogens (tertiary/aromatic N) is 3. The molecule has 1 fully saturated rings. The molecule has 0 saturated carbocycles. The fourth-order valence-corrected chi connectivity index (χ4v) is 3.06. The number of carbonyl (C=O) groups excluding carboxylic acids is 1. The van der Waals surface area contributed by atoms with Crippen LogP contribution in [0.1, 0.15) is 18.9 Å². The first kappa shape index (κ1) is 15.1. The number of aromatic nitrogens is 2. The van der Waals surface area contributed by atoms with Crippen LogP contribution < -0.4 is 10.1 Å². The van der Waals surface area contributed by atoms with Crippen LogP contribution in [-0.2, 0) is 9.53 Å². The zero-order valence-corrected chi connectivity index (χ0v) is 13.5. The molecule has 8 nitrogen and oxygen atoms in total. The minimum Gasteiger partial charge on any atom is -0.481 e. The second-order valence-electron chi connectivity index (χ2n) is 6.12. The number of amides is 1. The monoisotopic (exact) mass is 330 g/mol. The van der Waals surface area contributed by atoms with Crippen molar-refractivity contribution in [2.75, 3.05) is 32.1 Å². The predicted molar refractivity (Wildman–Crippen MR) is 84.6 cm³/mol. The van der Waals surface area contributed by atoms with Crippen molar-refractivity contribution in [3.8, 4) is 17.2 Å². The van der Waals surface area contributed by atoms with Crippen molar-refractivity contribution in [2.45, 2.75) is 19.1 Å². The molecule has 0 unspecified atom stereocenters. The fourth-order valence-electron chi connectivity index (χ4n) is 3.06. The SMILES string of the molecule is C[C@@H]1CN(C)C[C@H](c2nnc(-c3cccc4c3OCC(=O)N4)o2)O1. The number of hydrogen-bond acceptors (Lipinski definition) is 7. The van der Waals surface area contributed by atoms with Gasteiger partial charge in [0, 0.05) is 13.1 Å². The summed E-state index contributed by atoms with van der Waals surface area (Å²) < 4.78 is 17.3. The Morgan fingerprint density at radius 3 is 3.00 bits per heavy atom. The molecule has 1 aromatic heterocycles. The van der Waals surface area contributed by atoms with Crippen molar-refractivity contribution in [2.24, 2.45) is 0 Å². The second kappa shape index (κ2) is 5.88. The summed E-state index contributed by atoms with van der Waals surface area (Å²) in [5.41, 5.74) is 1.26. The summed E-state index contributed by atoms with van der Waals surface area (Å²) in [5.74, 6) is 1.16. The number of benzene rings is 1. The number of hydrogen-bond donors (Lipinski definition) is 1. The van der Waals surface area contributed by atoms with Gasteiger partial charge in [-0.3, -0.25) is 4.79 Å². The standard InChI is InChI=1S/C16H18N4O4/c1-9-6-20(2)7-12(23-9)16-19-18-15(24-16)10-4-3-5-11-14(10)22-8-13(21)17-11/h3-5,9,12H,6-8H2,1-2H3,(H,17,21)/t9-,12-/m1/s1. The zero-order chi connectivity index (χ0) is 16.7. The second-order valence-corrected chi connectivity index (χ2v) is 6.12. The van der Waals surface area contributed by atoms with Gasteiger partial charge in [-0.2, -0.15) is 0 Å². The lowest BCUT2D eigenvalue weighted by molar-refractivity contribution is -0.118.